The fourth-order valence-corrected chi connectivity index (χ4v) is 6.04. The molecule has 0 aromatic carbocycles. The molecule has 1 atom stereocenters. The van der Waals surface area contributed by atoms with E-state index >= 15 is 0 Å². The molecule has 1 amide bonds. The summed E-state index contributed by atoms with van der Waals surface area (Å²) < 4.78 is 0. The Kier molecular flexibility index (Phi) is 2.94. The summed E-state index contributed by atoms with van der Waals surface area (Å²) in [4.78, 5) is 24.9. The Bertz CT molecular complexity index is 407. The number of amides is 1. The number of carbonyl (C=O) groups is 2. The smallest absolute Gasteiger partial charge is 0.220 e. The monoisotopic (exact) mass is 275 g/mol. The predicted molar refractivity (Wildman–Crippen MR) is 76.0 cm³/mol. The molecule has 3 heteroatoms. The molecule has 1 saturated heterocycles. The molecule has 4 aliphatic carbocycles. The third kappa shape index (κ3) is 2.01. The van der Waals surface area contributed by atoms with Gasteiger partial charge in [-0.2, -0.15) is 0 Å². The molecule has 5 rings (SSSR count). The molecule has 110 valence electrons. The molecule has 0 unspecified atom stereocenters. The zero-order valence-corrected chi connectivity index (χ0v) is 12.2. The van der Waals surface area contributed by atoms with Crippen molar-refractivity contribution in [2.75, 3.05) is 6.54 Å². The first-order chi connectivity index (χ1) is 9.64. The second-order valence-corrected chi connectivity index (χ2v) is 7.96. The number of Topliss-reactive ketones (excluding diaryl/α,β-unsaturated/α-hetero) is 1. The highest BCUT2D eigenvalue weighted by Crippen LogP contribution is 2.61. The average Bonchev–Trinajstić information content (AvgIpc) is 2.61. The maximum Gasteiger partial charge on any atom is 0.220 e. The van der Waals surface area contributed by atoms with Crippen LogP contribution in [0.25, 0.3) is 0 Å². The Morgan fingerprint density at radius 2 is 1.65 bits per heavy atom. The fraction of sp³-hybridized carbons (Fsp3) is 0.882. The van der Waals surface area contributed by atoms with Crippen molar-refractivity contribution in [3.8, 4) is 0 Å². The van der Waals surface area contributed by atoms with Crippen LogP contribution in [0.4, 0.5) is 0 Å². The van der Waals surface area contributed by atoms with Crippen LogP contribution in [-0.2, 0) is 9.59 Å². The molecule has 0 radical (unpaired) electrons. The number of hydrogen-bond acceptors (Lipinski definition) is 2. The van der Waals surface area contributed by atoms with Gasteiger partial charge in [0.15, 0.2) is 0 Å². The van der Waals surface area contributed by atoms with Gasteiger partial charge in [0.2, 0.25) is 5.91 Å². The van der Waals surface area contributed by atoms with E-state index in [4.69, 9.17) is 0 Å². The van der Waals surface area contributed by atoms with E-state index in [1.807, 2.05) is 0 Å². The molecular weight excluding hydrogens is 250 g/mol. The lowest BCUT2D eigenvalue weighted by atomic mass is 9.47. The normalized spacial score (nSPS) is 46.9. The van der Waals surface area contributed by atoms with Crippen LogP contribution in [0.5, 0.6) is 0 Å². The van der Waals surface area contributed by atoms with E-state index < -0.39 is 0 Å². The Labute approximate surface area is 120 Å². The minimum absolute atomic E-state index is 0.00810. The van der Waals surface area contributed by atoms with E-state index in [2.05, 4.69) is 5.32 Å². The van der Waals surface area contributed by atoms with Crippen molar-refractivity contribution in [2.24, 2.45) is 29.1 Å². The molecule has 1 aliphatic heterocycles. The Morgan fingerprint density at radius 1 is 1.05 bits per heavy atom. The number of rotatable bonds is 2. The van der Waals surface area contributed by atoms with E-state index in [1.165, 1.54) is 19.3 Å². The average molecular weight is 275 g/mol. The van der Waals surface area contributed by atoms with Crippen molar-refractivity contribution in [1.29, 1.82) is 0 Å². The zero-order chi connectivity index (χ0) is 13.7. The summed E-state index contributed by atoms with van der Waals surface area (Å²) in [5, 5.41) is 2.91. The van der Waals surface area contributed by atoms with Crippen molar-refractivity contribution in [3.05, 3.63) is 0 Å². The molecule has 4 saturated carbocycles. The molecule has 0 spiro atoms. The van der Waals surface area contributed by atoms with Gasteiger partial charge < -0.3 is 5.32 Å². The molecule has 20 heavy (non-hydrogen) atoms. The van der Waals surface area contributed by atoms with Gasteiger partial charge in [-0.25, -0.2) is 0 Å². The highest BCUT2D eigenvalue weighted by molar-refractivity contribution is 5.91. The van der Waals surface area contributed by atoms with Gasteiger partial charge in [-0.3, -0.25) is 9.59 Å². The van der Waals surface area contributed by atoms with Crippen LogP contribution in [0, 0.1) is 29.1 Å². The minimum atomic E-state index is -0.0238. The lowest BCUT2D eigenvalue weighted by Gasteiger charge is -2.56. The molecule has 4 bridgehead atoms. The molecule has 0 aromatic rings. The first-order valence-corrected chi connectivity index (χ1v) is 8.46. The second kappa shape index (κ2) is 4.57. The van der Waals surface area contributed by atoms with Crippen LogP contribution < -0.4 is 5.32 Å². The van der Waals surface area contributed by atoms with E-state index in [1.54, 1.807) is 0 Å². The summed E-state index contributed by atoms with van der Waals surface area (Å²) in [5.41, 5.74) is -0.0238. The van der Waals surface area contributed by atoms with E-state index in [9.17, 15) is 9.59 Å². The Balaban J connectivity index is 1.56. The van der Waals surface area contributed by atoms with Crippen molar-refractivity contribution < 1.29 is 9.59 Å². The van der Waals surface area contributed by atoms with E-state index in [0.717, 1.165) is 56.4 Å². The quantitative estimate of drug-likeness (QED) is 0.842. The Hall–Kier alpha value is -0.860. The van der Waals surface area contributed by atoms with E-state index in [-0.39, 0.29) is 17.2 Å². The first kappa shape index (κ1) is 12.8. The van der Waals surface area contributed by atoms with E-state index in [0.29, 0.717) is 12.2 Å². The zero-order valence-electron chi connectivity index (χ0n) is 12.2. The van der Waals surface area contributed by atoms with Crippen LogP contribution in [0.15, 0.2) is 0 Å². The fourth-order valence-electron chi connectivity index (χ4n) is 6.04. The van der Waals surface area contributed by atoms with Gasteiger partial charge in [0.25, 0.3) is 0 Å². The minimum Gasteiger partial charge on any atom is -0.356 e. The number of ketones is 1. The molecule has 1 N–H and O–H groups in total. The molecule has 3 nitrogen and oxygen atoms in total. The topological polar surface area (TPSA) is 46.2 Å². The highest BCUT2D eigenvalue weighted by Gasteiger charge is 2.55. The third-order valence-corrected chi connectivity index (χ3v) is 6.42. The van der Waals surface area contributed by atoms with Gasteiger partial charge in [-0.05, 0) is 69.1 Å². The molecule has 5 aliphatic rings. The van der Waals surface area contributed by atoms with Gasteiger partial charge in [-0.1, -0.05) is 0 Å². The summed E-state index contributed by atoms with van der Waals surface area (Å²) in [6.45, 7) is 0.753. The Morgan fingerprint density at radius 3 is 2.25 bits per heavy atom. The number of carbonyl (C=O) groups excluding carboxylic acids is 2. The van der Waals surface area contributed by atoms with Gasteiger partial charge in [-0.15, -0.1) is 0 Å². The summed E-state index contributed by atoms with van der Waals surface area (Å²) in [7, 11) is 0. The van der Waals surface area contributed by atoms with Crippen LogP contribution in [0.2, 0.25) is 0 Å². The maximum absolute atomic E-state index is 13.2. The standard InChI is InChI=1S/C17H25NO2/c19-15-7-14(2-1-3-18-15)16(20)17-8-11-4-12(9-17)6-13(5-11)10-17/h11-14H,1-10H2,(H,18,19)/t11?,12?,13?,14-,17?/m0/s1. The second-order valence-electron chi connectivity index (χ2n) is 7.96. The summed E-state index contributed by atoms with van der Waals surface area (Å²) in [6, 6.07) is 0. The van der Waals surface area contributed by atoms with Crippen molar-refractivity contribution >= 4 is 11.7 Å². The van der Waals surface area contributed by atoms with Crippen molar-refractivity contribution in [2.45, 2.75) is 57.8 Å². The lowest BCUT2D eigenvalue weighted by molar-refractivity contribution is -0.149. The van der Waals surface area contributed by atoms with Crippen LogP contribution >= 0.6 is 0 Å². The maximum atomic E-state index is 13.2. The molecule has 0 aromatic heterocycles. The summed E-state index contributed by atoms with van der Waals surface area (Å²) in [5.74, 6) is 2.99. The van der Waals surface area contributed by atoms with Gasteiger partial charge >= 0.3 is 0 Å². The highest BCUT2D eigenvalue weighted by atomic mass is 16.2. The first-order valence-electron chi connectivity index (χ1n) is 8.46. The number of nitrogens with one attached hydrogen (secondary N) is 1. The largest absolute Gasteiger partial charge is 0.356 e. The molecule has 1 heterocycles. The van der Waals surface area contributed by atoms with Gasteiger partial charge in [0.05, 0.1) is 0 Å². The summed E-state index contributed by atoms with van der Waals surface area (Å²) in [6.07, 6.45) is 9.85. The SMILES string of the molecule is O=C1C[C@@H](C(=O)C23CC4CC(CC(C4)C2)C3)CCCN1. The summed E-state index contributed by atoms with van der Waals surface area (Å²) >= 11 is 0. The predicted octanol–water partition coefficient (Wildman–Crippen LogP) is 2.69. The molecule has 5 fully saturated rings. The van der Waals surface area contributed by atoms with Gasteiger partial charge in [0, 0.05) is 24.3 Å². The van der Waals surface area contributed by atoms with Crippen molar-refractivity contribution in [3.63, 3.8) is 0 Å². The van der Waals surface area contributed by atoms with Crippen LogP contribution in [0.1, 0.15) is 57.8 Å². The third-order valence-electron chi connectivity index (χ3n) is 6.42. The van der Waals surface area contributed by atoms with Crippen LogP contribution in [-0.4, -0.2) is 18.2 Å². The molecular formula is C17H25NO2. The van der Waals surface area contributed by atoms with Crippen LogP contribution in [0.3, 0.4) is 0 Å². The van der Waals surface area contributed by atoms with Crippen molar-refractivity contribution in [1.82, 2.24) is 5.32 Å². The van der Waals surface area contributed by atoms with Gasteiger partial charge in [0.1, 0.15) is 5.78 Å². The lowest BCUT2D eigenvalue weighted by Crippen LogP contribution is -2.51. The number of hydrogen-bond donors (Lipinski definition) is 1.